The van der Waals surface area contributed by atoms with Gasteiger partial charge < -0.3 is 11.1 Å². The van der Waals surface area contributed by atoms with Crippen molar-refractivity contribution in [2.24, 2.45) is 0 Å². The van der Waals surface area contributed by atoms with Crippen LogP contribution in [0.25, 0.3) is 5.70 Å². The number of carbonyl (C=O) groups excluding carboxylic acids is 3. The second-order valence-corrected chi connectivity index (χ2v) is 9.46. The number of nitrogens with zero attached hydrogens (tertiary/aromatic N) is 1. The summed E-state index contributed by atoms with van der Waals surface area (Å²) < 4.78 is 1.31. The van der Waals surface area contributed by atoms with Crippen LogP contribution >= 0.6 is 35.2 Å². The molecule has 0 aliphatic carbocycles. The highest BCUT2D eigenvalue weighted by Gasteiger charge is 2.27. The van der Waals surface area contributed by atoms with E-state index in [2.05, 4.69) is 67.9 Å². The number of nitrogens with two attached hydrogens (primary N) is 1. The second kappa shape index (κ2) is 20.5. The van der Waals surface area contributed by atoms with Crippen LogP contribution in [0.4, 0.5) is 11.4 Å². The number of amides is 2. The summed E-state index contributed by atoms with van der Waals surface area (Å²) >= 11 is 6.16. The van der Waals surface area contributed by atoms with Gasteiger partial charge >= 0.3 is 0 Å². The number of hydrogen-bond acceptors (Lipinski definition) is 4. The Hall–Kier alpha value is -2.59. The maximum absolute atomic E-state index is 13.1. The van der Waals surface area contributed by atoms with Gasteiger partial charge in [-0.05, 0) is 35.5 Å². The van der Waals surface area contributed by atoms with E-state index in [0.717, 1.165) is 4.90 Å². The molecule has 6 nitrogen and oxygen atoms in total. The van der Waals surface area contributed by atoms with Crippen molar-refractivity contribution >= 4 is 69.2 Å². The van der Waals surface area contributed by atoms with Crippen molar-refractivity contribution in [2.45, 2.75) is 53.4 Å². The van der Waals surface area contributed by atoms with Crippen molar-refractivity contribution in [2.75, 3.05) is 22.0 Å². The van der Waals surface area contributed by atoms with E-state index in [1.165, 1.54) is 36.2 Å². The highest BCUT2D eigenvalue weighted by atomic mass is 127. The summed E-state index contributed by atoms with van der Waals surface area (Å²) in [5.41, 5.74) is 7.39. The van der Waals surface area contributed by atoms with Gasteiger partial charge in [0.25, 0.3) is 11.8 Å². The zero-order chi connectivity index (χ0) is 28.2. The molecule has 2 aromatic rings. The fraction of sp³-hybridized carbons (Fsp3) is 0.345. The monoisotopic (exact) mass is 637 g/mol. The van der Waals surface area contributed by atoms with E-state index in [4.69, 9.17) is 5.73 Å². The molecule has 0 saturated heterocycles. The Morgan fingerprint density at radius 3 is 2.00 bits per heavy atom. The summed E-state index contributed by atoms with van der Waals surface area (Å²) in [6.45, 7) is 11.7. The fourth-order valence-electron chi connectivity index (χ4n) is 2.64. The van der Waals surface area contributed by atoms with Gasteiger partial charge in [0, 0.05) is 5.70 Å². The van der Waals surface area contributed by atoms with E-state index in [-0.39, 0.29) is 12.1 Å². The van der Waals surface area contributed by atoms with Gasteiger partial charge in [-0.15, -0.1) is 12.6 Å². The lowest BCUT2D eigenvalue weighted by atomic mass is 10.1. The van der Waals surface area contributed by atoms with E-state index < -0.39 is 16.9 Å². The zero-order valence-corrected chi connectivity index (χ0v) is 25.3. The van der Waals surface area contributed by atoms with Crippen molar-refractivity contribution in [3.8, 4) is 0 Å². The summed E-state index contributed by atoms with van der Waals surface area (Å²) in [7, 11) is 0. The third kappa shape index (κ3) is 13.5. The first-order valence-electron chi connectivity index (χ1n) is 12.3. The van der Waals surface area contributed by atoms with Gasteiger partial charge in [-0.2, -0.15) is 0 Å². The molecule has 8 heteroatoms. The summed E-state index contributed by atoms with van der Waals surface area (Å²) in [5.74, 6) is -1.30. The molecule has 0 aliphatic heterocycles. The molecule has 0 heterocycles. The van der Waals surface area contributed by atoms with Gasteiger partial charge in [0.2, 0.25) is 5.12 Å². The van der Waals surface area contributed by atoms with Crippen LogP contribution in [0.5, 0.6) is 0 Å². The Kier molecular flexibility index (Phi) is 19.0. The molecular formula is C29H40IN3O3S. The van der Waals surface area contributed by atoms with Gasteiger partial charge in [-0.1, -0.05) is 118 Å². The standard InChI is InChI=1S/C21H21N3O3S.C4H9I.C4H10/c1-3-16(20(26)23-18-12-8-7-11-17(18)22)21(27)24(13-19(25)28)14(2)15-9-5-4-6-10-15;1-2-3-4-5;1-3-4-2/h3-12H,2,13,22H2,1H3,(H,23,26)(H,25,28);2-4H2,1H3;3-4H2,1-2H3/b16-3-;;. The maximum atomic E-state index is 13.1. The van der Waals surface area contributed by atoms with E-state index in [0.29, 0.717) is 22.6 Å². The molecule has 37 heavy (non-hydrogen) atoms. The quantitative estimate of drug-likeness (QED) is 0.0492. The number of benzene rings is 2. The first kappa shape index (κ1) is 34.4. The lowest BCUT2D eigenvalue weighted by molar-refractivity contribution is -0.128. The lowest BCUT2D eigenvalue weighted by Crippen LogP contribution is -2.37. The summed E-state index contributed by atoms with van der Waals surface area (Å²) in [4.78, 5) is 38.5. The average Bonchev–Trinajstić information content (AvgIpc) is 2.90. The molecule has 2 amide bonds. The number of para-hydroxylation sites is 2. The largest absolute Gasteiger partial charge is 0.397 e. The van der Waals surface area contributed by atoms with E-state index in [9.17, 15) is 14.4 Å². The number of nitrogen functional groups attached to an aromatic ring is 1. The van der Waals surface area contributed by atoms with Crippen LogP contribution < -0.4 is 11.1 Å². The summed E-state index contributed by atoms with van der Waals surface area (Å²) in [6, 6.07) is 15.6. The first-order chi connectivity index (χ1) is 17.7. The molecule has 3 N–H and O–H groups in total. The van der Waals surface area contributed by atoms with Gasteiger partial charge in [0.05, 0.1) is 17.9 Å². The Bertz CT molecular complexity index is 1020. The van der Waals surface area contributed by atoms with Crippen molar-refractivity contribution in [3.63, 3.8) is 0 Å². The second-order valence-electron chi connectivity index (χ2n) is 7.88. The number of hydrogen-bond donors (Lipinski definition) is 3. The third-order valence-corrected chi connectivity index (χ3v) is 5.84. The number of nitrogens with one attached hydrogen (secondary N) is 1. The van der Waals surface area contributed by atoms with Crippen molar-refractivity contribution in [1.82, 2.24) is 4.90 Å². The van der Waals surface area contributed by atoms with Gasteiger partial charge in [0.15, 0.2) is 0 Å². The maximum Gasteiger partial charge on any atom is 0.263 e. The fourth-order valence-corrected chi connectivity index (χ4v) is 3.55. The molecule has 0 atom stereocenters. The van der Waals surface area contributed by atoms with Crippen molar-refractivity contribution in [1.29, 1.82) is 0 Å². The molecular weight excluding hydrogens is 597 g/mol. The molecule has 0 aliphatic rings. The minimum atomic E-state index is -0.661. The zero-order valence-electron chi connectivity index (χ0n) is 22.3. The van der Waals surface area contributed by atoms with Crippen LogP contribution in [0.3, 0.4) is 0 Å². The normalized spacial score (nSPS) is 10.2. The number of rotatable bonds is 10. The van der Waals surface area contributed by atoms with Crippen LogP contribution in [0.15, 0.2) is 72.8 Å². The Morgan fingerprint density at radius 2 is 1.57 bits per heavy atom. The number of halogens is 1. The van der Waals surface area contributed by atoms with E-state index >= 15 is 0 Å². The highest BCUT2D eigenvalue weighted by Crippen LogP contribution is 2.22. The minimum Gasteiger partial charge on any atom is -0.397 e. The first-order valence-corrected chi connectivity index (χ1v) is 14.3. The number of unbranched alkanes of at least 4 members (excludes halogenated alkanes) is 2. The number of carbonyl (C=O) groups is 3. The Labute approximate surface area is 241 Å². The van der Waals surface area contributed by atoms with Crippen LogP contribution in [0.1, 0.15) is 58.9 Å². The van der Waals surface area contributed by atoms with E-state index in [1.54, 1.807) is 55.5 Å². The van der Waals surface area contributed by atoms with Gasteiger partial charge in [-0.3, -0.25) is 19.3 Å². The number of anilines is 2. The van der Waals surface area contributed by atoms with Crippen LogP contribution in [-0.4, -0.2) is 32.8 Å². The molecule has 0 aromatic heterocycles. The lowest BCUT2D eigenvalue weighted by Gasteiger charge is -2.24. The molecule has 0 bridgehead atoms. The van der Waals surface area contributed by atoms with Crippen molar-refractivity contribution < 1.29 is 14.4 Å². The Balaban J connectivity index is 0.00000124. The molecule has 0 radical (unpaired) electrons. The predicted octanol–water partition coefficient (Wildman–Crippen LogP) is 7.14. The summed E-state index contributed by atoms with van der Waals surface area (Å²) in [6.07, 6.45) is 6.73. The molecule has 2 aromatic carbocycles. The number of alkyl halides is 1. The molecule has 0 unspecified atom stereocenters. The smallest absolute Gasteiger partial charge is 0.263 e. The van der Waals surface area contributed by atoms with Gasteiger partial charge in [-0.25, -0.2) is 0 Å². The molecule has 0 spiro atoms. The van der Waals surface area contributed by atoms with Crippen molar-refractivity contribution in [3.05, 3.63) is 78.4 Å². The molecule has 2 rings (SSSR count). The van der Waals surface area contributed by atoms with Crippen LogP contribution in [0, 0.1) is 0 Å². The highest BCUT2D eigenvalue weighted by molar-refractivity contribution is 14.1. The summed E-state index contributed by atoms with van der Waals surface area (Å²) in [5, 5.41) is 2.08. The van der Waals surface area contributed by atoms with Crippen LogP contribution in [-0.2, 0) is 14.4 Å². The molecule has 0 fully saturated rings. The Morgan fingerprint density at radius 1 is 1.00 bits per heavy atom. The van der Waals surface area contributed by atoms with E-state index in [1.807, 2.05) is 6.07 Å². The predicted molar refractivity (Wildman–Crippen MR) is 169 cm³/mol. The average molecular weight is 638 g/mol. The SMILES string of the molecule is C=C(c1ccccc1)N(CC(=O)S)C(=O)/C(=C\C)C(=O)Nc1ccccc1N.CCCC.CCCCI. The molecule has 0 saturated carbocycles. The number of thiol groups is 1. The molecule has 202 valence electrons. The minimum absolute atomic E-state index is 0.144. The topological polar surface area (TPSA) is 92.5 Å². The van der Waals surface area contributed by atoms with Crippen LogP contribution in [0.2, 0.25) is 0 Å². The number of allylic oxidation sites excluding steroid dienone is 1. The van der Waals surface area contributed by atoms with Gasteiger partial charge in [0.1, 0.15) is 5.57 Å². The third-order valence-electron chi connectivity index (χ3n) is 4.93.